The van der Waals surface area contributed by atoms with E-state index in [1.54, 1.807) is 6.21 Å². The lowest BCUT2D eigenvalue weighted by molar-refractivity contribution is 0.619. The Kier molecular flexibility index (Phi) is 1.03. The topological polar surface area (TPSA) is 25.2 Å². The summed E-state index contributed by atoms with van der Waals surface area (Å²) in [5.41, 5.74) is 1.67. The summed E-state index contributed by atoms with van der Waals surface area (Å²) in [4.78, 5) is 7.77. The molecule has 0 N–H and O–H groups in total. The maximum absolute atomic E-state index is 12.4. The first-order valence-electron chi connectivity index (χ1n) is 3.00. The summed E-state index contributed by atoms with van der Waals surface area (Å²) in [6.07, 6.45) is 2.87. The Morgan fingerprint density at radius 2 is 2.40 bits per heavy atom. The van der Waals surface area contributed by atoms with Crippen molar-refractivity contribution in [2.75, 3.05) is 0 Å². The van der Waals surface area contributed by atoms with Crippen LogP contribution in [0.5, 0.6) is 0 Å². The molecule has 0 unspecified atom stereocenters. The van der Waals surface area contributed by atoms with Crippen molar-refractivity contribution in [1.29, 1.82) is 0 Å². The van der Waals surface area contributed by atoms with E-state index in [0.29, 0.717) is 6.54 Å². The number of aromatic nitrogens is 1. The number of pyridine rings is 1. The molecule has 1 aliphatic heterocycles. The van der Waals surface area contributed by atoms with Crippen LogP contribution in [0.1, 0.15) is 11.3 Å². The second-order valence-electron chi connectivity index (χ2n) is 2.17. The molecule has 50 valence electrons. The number of nitrogens with zero attached hydrogens (tertiary/aromatic N) is 2. The minimum Gasteiger partial charge on any atom is -0.286 e. The summed E-state index contributed by atoms with van der Waals surface area (Å²) < 4.78 is 12.4. The van der Waals surface area contributed by atoms with Gasteiger partial charge in [0.05, 0.1) is 18.4 Å². The van der Waals surface area contributed by atoms with Gasteiger partial charge in [-0.05, 0) is 6.07 Å². The first-order valence-corrected chi connectivity index (χ1v) is 3.00. The third-order valence-corrected chi connectivity index (χ3v) is 1.44. The molecule has 0 saturated carbocycles. The first-order chi connectivity index (χ1) is 4.86. The molecule has 1 aromatic heterocycles. The molecule has 0 atom stereocenters. The molecule has 10 heavy (non-hydrogen) atoms. The number of halogens is 1. The van der Waals surface area contributed by atoms with Crippen LogP contribution in [0.15, 0.2) is 17.3 Å². The molecule has 0 aromatic carbocycles. The summed E-state index contributed by atoms with van der Waals surface area (Å²) in [6, 6.07) is 1.47. The van der Waals surface area contributed by atoms with E-state index < -0.39 is 0 Å². The Morgan fingerprint density at radius 1 is 1.50 bits per heavy atom. The number of hydrogen-bond donors (Lipinski definition) is 0. The van der Waals surface area contributed by atoms with E-state index in [-0.39, 0.29) is 5.82 Å². The fraction of sp³-hybridized carbons (Fsp3) is 0.143. The Labute approximate surface area is 57.4 Å². The predicted octanol–water partition coefficient (Wildman–Crippen LogP) is 1.15. The van der Waals surface area contributed by atoms with Crippen molar-refractivity contribution in [3.05, 3.63) is 29.3 Å². The van der Waals surface area contributed by atoms with Gasteiger partial charge in [-0.25, -0.2) is 4.39 Å². The summed E-state index contributed by atoms with van der Waals surface area (Å²) >= 11 is 0. The van der Waals surface area contributed by atoms with Crippen LogP contribution < -0.4 is 0 Å². The average molecular weight is 136 g/mol. The fourth-order valence-electron chi connectivity index (χ4n) is 0.965. The quantitative estimate of drug-likeness (QED) is 0.525. The van der Waals surface area contributed by atoms with E-state index >= 15 is 0 Å². The zero-order valence-corrected chi connectivity index (χ0v) is 5.21. The molecule has 0 radical (unpaired) electrons. The summed E-state index contributed by atoms with van der Waals surface area (Å²) in [6.45, 7) is 0.570. The highest BCUT2D eigenvalue weighted by atomic mass is 19.1. The zero-order valence-electron chi connectivity index (χ0n) is 5.21. The van der Waals surface area contributed by atoms with E-state index in [4.69, 9.17) is 0 Å². The van der Waals surface area contributed by atoms with Gasteiger partial charge in [0, 0.05) is 11.8 Å². The molecule has 0 amide bonds. The van der Waals surface area contributed by atoms with Crippen molar-refractivity contribution in [2.45, 2.75) is 6.54 Å². The lowest BCUT2D eigenvalue weighted by atomic mass is 10.2. The Balaban J connectivity index is 2.59. The number of fused-ring (bicyclic) bond motifs is 1. The van der Waals surface area contributed by atoms with Crippen LogP contribution in [0.4, 0.5) is 4.39 Å². The van der Waals surface area contributed by atoms with Crippen LogP contribution in [-0.2, 0) is 6.54 Å². The van der Waals surface area contributed by atoms with Gasteiger partial charge in [-0.2, -0.15) is 0 Å². The molecule has 2 rings (SSSR count). The largest absolute Gasteiger partial charge is 0.286 e. The minimum atomic E-state index is -0.288. The summed E-state index contributed by atoms with van der Waals surface area (Å²) in [7, 11) is 0. The number of aliphatic imine (C=N–C) groups is 1. The van der Waals surface area contributed by atoms with Crippen molar-refractivity contribution in [2.24, 2.45) is 4.99 Å². The number of hydrogen-bond acceptors (Lipinski definition) is 2. The van der Waals surface area contributed by atoms with Gasteiger partial charge in [-0.15, -0.1) is 0 Å². The van der Waals surface area contributed by atoms with Crippen molar-refractivity contribution in [3.63, 3.8) is 0 Å². The molecule has 0 bridgehead atoms. The average Bonchev–Trinajstić information content (AvgIpc) is 2.33. The predicted molar refractivity (Wildman–Crippen MR) is 35.5 cm³/mol. The maximum atomic E-state index is 12.4. The maximum Gasteiger partial charge on any atom is 0.141 e. The molecule has 0 spiro atoms. The van der Waals surface area contributed by atoms with Crippen LogP contribution in [0.3, 0.4) is 0 Å². The Hall–Kier alpha value is -1.25. The van der Waals surface area contributed by atoms with Gasteiger partial charge < -0.3 is 0 Å². The van der Waals surface area contributed by atoms with Crippen molar-refractivity contribution in [1.82, 2.24) is 4.98 Å². The monoisotopic (exact) mass is 136 g/mol. The normalized spacial score (nSPS) is 13.7. The molecule has 2 heterocycles. The third kappa shape index (κ3) is 0.708. The van der Waals surface area contributed by atoms with Gasteiger partial charge in [0.15, 0.2) is 0 Å². The van der Waals surface area contributed by atoms with Gasteiger partial charge in [0.1, 0.15) is 5.82 Å². The highest BCUT2D eigenvalue weighted by Crippen LogP contribution is 2.12. The van der Waals surface area contributed by atoms with Gasteiger partial charge in [-0.1, -0.05) is 0 Å². The summed E-state index contributed by atoms with van der Waals surface area (Å²) in [5, 5.41) is 0. The third-order valence-electron chi connectivity index (χ3n) is 1.44. The van der Waals surface area contributed by atoms with Crippen LogP contribution in [0.25, 0.3) is 0 Å². The molecule has 0 fully saturated rings. The lowest BCUT2D eigenvalue weighted by Gasteiger charge is -1.93. The minimum absolute atomic E-state index is 0.288. The van der Waals surface area contributed by atoms with Gasteiger partial charge >= 0.3 is 0 Å². The number of rotatable bonds is 0. The van der Waals surface area contributed by atoms with Crippen molar-refractivity contribution < 1.29 is 4.39 Å². The van der Waals surface area contributed by atoms with E-state index in [2.05, 4.69) is 9.98 Å². The second-order valence-corrected chi connectivity index (χ2v) is 2.17. The van der Waals surface area contributed by atoms with Gasteiger partial charge in [0.25, 0.3) is 0 Å². The highest BCUT2D eigenvalue weighted by molar-refractivity contribution is 5.81. The highest BCUT2D eigenvalue weighted by Gasteiger charge is 2.06. The van der Waals surface area contributed by atoms with E-state index in [9.17, 15) is 4.39 Å². The molecular formula is C7H5FN2. The van der Waals surface area contributed by atoms with Crippen molar-refractivity contribution in [3.8, 4) is 0 Å². The molecule has 0 aliphatic carbocycles. The molecule has 1 aromatic rings. The Morgan fingerprint density at radius 3 is 3.30 bits per heavy atom. The molecule has 1 aliphatic rings. The van der Waals surface area contributed by atoms with Crippen LogP contribution >= 0.6 is 0 Å². The van der Waals surface area contributed by atoms with Gasteiger partial charge in [0.2, 0.25) is 0 Å². The van der Waals surface area contributed by atoms with E-state index in [1.807, 2.05) is 0 Å². The standard InChI is InChI=1S/C7H5FN2/c8-6-1-5-2-9-4-7(5)10-3-6/h1,3-4H,2H2. The first kappa shape index (κ1) is 5.53. The van der Waals surface area contributed by atoms with E-state index in [1.165, 1.54) is 12.3 Å². The molecule has 3 heteroatoms. The fourth-order valence-corrected chi connectivity index (χ4v) is 0.965. The molecular weight excluding hydrogens is 131 g/mol. The smallest absolute Gasteiger partial charge is 0.141 e. The SMILES string of the molecule is Fc1cnc2c(c1)CN=C2. The van der Waals surface area contributed by atoms with E-state index in [0.717, 1.165) is 11.3 Å². The van der Waals surface area contributed by atoms with Crippen LogP contribution in [0, 0.1) is 5.82 Å². The molecule has 2 nitrogen and oxygen atoms in total. The van der Waals surface area contributed by atoms with Gasteiger partial charge in [-0.3, -0.25) is 9.98 Å². The van der Waals surface area contributed by atoms with Crippen LogP contribution in [0.2, 0.25) is 0 Å². The lowest BCUT2D eigenvalue weighted by Crippen LogP contribution is -1.89. The van der Waals surface area contributed by atoms with Crippen molar-refractivity contribution >= 4 is 6.21 Å². The zero-order chi connectivity index (χ0) is 6.97. The summed E-state index contributed by atoms with van der Waals surface area (Å²) in [5.74, 6) is -0.288. The van der Waals surface area contributed by atoms with Crippen LogP contribution in [-0.4, -0.2) is 11.2 Å². The molecule has 0 saturated heterocycles. The Bertz CT molecular complexity index is 294. The second kappa shape index (κ2) is 1.87.